The second-order valence-corrected chi connectivity index (χ2v) is 7.72. The molecule has 0 unspecified atom stereocenters. The Labute approximate surface area is 197 Å². The molecule has 1 aromatic heterocycles. The van der Waals surface area contributed by atoms with E-state index in [0.717, 1.165) is 11.3 Å². The summed E-state index contributed by atoms with van der Waals surface area (Å²) in [4.78, 5) is 34.3. The molecule has 0 saturated heterocycles. The van der Waals surface area contributed by atoms with Gasteiger partial charge in [-0.3, -0.25) is 14.9 Å². The van der Waals surface area contributed by atoms with Gasteiger partial charge >= 0.3 is 0 Å². The number of benzene rings is 2. The third kappa shape index (κ3) is 4.50. The third-order valence-electron chi connectivity index (χ3n) is 5.78. The minimum absolute atomic E-state index is 0.0144. The lowest BCUT2D eigenvalue weighted by molar-refractivity contribution is 0.0962. The molecule has 1 amide bonds. The van der Waals surface area contributed by atoms with Crippen molar-refractivity contribution in [3.05, 3.63) is 65.0 Å². The van der Waals surface area contributed by atoms with Gasteiger partial charge in [-0.15, -0.1) is 0 Å². The van der Waals surface area contributed by atoms with Crippen molar-refractivity contribution < 1.29 is 28.5 Å². The number of methoxy groups -OCH3 is 4. The first-order valence-corrected chi connectivity index (χ1v) is 10.6. The lowest BCUT2D eigenvalue weighted by Crippen LogP contribution is -2.22. The standard InChI is InChI=1S/C25H25N3O6/c1-31-17-7-5-14(6-8-17)15-9-19-18(20(29)10-15)13-26-25(27-19)28-24(30)16-11-21(32-2)23(34-4)22(12-16)33-3/h5-8,11-13,15H,9-10H2,1-4H3,(H,26,27,28,30)/t15-/m0/s1. The van der Waals surface area contributed by atoms with Crippen LogP contribution in [-0.4, -0.2) is 50.1 Å². The van der Waals surface area contributed by atoms with Crippen LogP contribution in [0.4, 0.5) is 5.95 Å². The first-order valence-electron chi connectivity index (χ1n) is 10.6. The van der Waals surface area contributed by atoms with E-state index >= 15 is 0 Å². The summed E-state index contributed by atoms with van der Waals surface area (Å²) in [5.74, 6) is 1.47. The van der Waals surface area contributed by atoms with E-state index in [1.165, 1.54) is 27.5 Å². The van der Waals surface area contributed by atoms with E-state index in [4.69, 9.17) is 18.9 Å². The summed E-state index contributed by atoms with van der Waals surface area (Å²) in [5.41, 5.74) is 2.40. The molecule has 1 atom stereocenters. The highest BCUT2D eigenvalue weighted by Crippen LogP contribution is 2.38. The van der Waals surface area contributed by atoms with Crippen LogP contribution in [0, 0.1) is 0 Å². The average Bonchev–Trinajstić information content (AvgIpc) is 2.87. The number of nitrogens with zero attached hydrogens (tertiary/aromatic N) is 2. The molecule has 176 valence electrons. The largest absolute Gasteiger partial charge is 0.497 e. The molecule has 4 rings (SSSR count). The van der Waals surface area contributed by atoms with Crippen LogP contribution in [-0.2, 0) is 6.42 Å². The Hall–Kier alpha value is -4.14. The zero-order valence-corrected chi connectivity index (χ0v) is 19.4. The van der Waals surface area contributed by atoms with E-state index in [1.54, 1.807) is 19.2 Å². The molecular formula is C25H25N3O6. The number of ketones is 1. The Balaban J connectivity index is 1.57. The molecule has 9 heteroatoms. The minimum atomic E-state index is -0.451. The number of ether oxygens (including phenoxy) is 4. The number of nitrogens with one attached hydrogen (secondary N) is 1. The molecule has 0 fully saturated rings. The number of Topliss-reactive ketones (excluding diaryl/α,β-unsaturated/α-hetero) is 1. The Morgan fingerprint density at radius 1 is 0.941 bits per heavy atom. The molecule has 1 aliphatic carbocycles. The van der Waals surface area contributed by atoms with Gasteiger partial charge in [-0.1, -0.05) is 12.1 Å². The quantitative estimate of drug-likeness (QED) is 0.565. The summed E-state index contributed by atoms with van der Waals surface area (Å²) < 4.78 is 21.1. The van der Waals surface area contributed by atoms with Gasteiger partial charge in [0.05, 0.1) is 39.7 Å². The van der Waals surface area contributed by atoms with Crippen molar-refractivity contribution in [1.29, 1.82) is 0 Å². The Morgan fingerprint density at radius 2 is 1.62 bits per heavy atom. The maximum Gasteiger partial charge on any atom is 0.258 e. The fourth-order valence-corrected chi connectivity index (χ4v) is 4.00. The van der Waals surface area contributed by atoms with Gasteiger partial charge < -0.3 is 18.9 Å². The van der Waals surface area contributed by atoms with Crippen LogP contribution in [0.5, 0.6) is 23.0 Å². The van der Waals surface area contributed by atoms with Crippen molar-refractivity contribution in [2.75, 3.05) is 33.8 Å². The van der Waals surface area contributed by atoms with Gasteiger partial charge in [0.15, 0.2) is 17.3 Å². The van der Waals surface area contributed by atoms with E-state index in [-0.39, 0.29) is 23.2 Å². The monoisotopic (exact) mass is 463 g/mol. The first kappa shape index (κ1) is 23.0. The zero-order chi connectivity index (χ0) is 24.2. The number of hydrogen-bond acceptors (Lipinski definition) is 8. The summed E-state index contributed by atoms with van der Waals surface area (Å²) in [5, 5.41) is 2.69. The molecule has 9 nitrogen and oxygen atoms in total. The van der Waals surface area contributed by atoms with Gasteiger partial charge in [0.25, 0.3) is 5.91 Å². The molecule has 34 heavy (non-hydrogen) atoms. The summed E-state index contributed by atoms with van der Waals surface area (Å²) >= 11 is 0. The number of anilines is 1. The van der Waals surface area contributed by atoms with Crippen LogP contribution >= 0.6 is 0 Å². The smallest absolute Gasteiger partial charge is 0.258 e. The van der Waals surface area contributed by atoms with Crippen LogP contribution in [0.1, 0.15) is 44.3 Å². The molecule has 0 saturated carbocycles. The van der Waals surface area contributed by atoms with Gasteiger partial charge in [0.1, 0.15) is 5.75 Å². The normalized spacial score (nSPS) is 14.7. The number of carbonyl (C=O) groups excluding carboxylic acids is 2. The molecular weight excluding hydrogens is 438 g/mol. The Morgan fingerprint density at radius 3 is 2.21 bits per heavy atom. The summed E-state index contributed by atoms with van der Waals surface area (Å²) in [7, 11) is 6.05. The van der Waals surface area contributed by atoms with Gasteiger partial charge in [-0.25, -0.2) is 9.97 Å². The fourth-order valence-electron chi connectivity index (χ4n) is 4.00. The Bertz CT molecular complexity index is 1200. The second kappa shape index (κ2) is 9.78. The molecule has 0 bridgehead atoms. The molecule has 0 aliphatic heterocycles. The minimum Gasteiger partial charge on any atom is -0.497 e. The second-order valence-electron chi connectivity index (χ2n) is 7.72. The van der Waals surface area contributed by atoms with Crippen LogP contribution in [0.2, 0.25) is 0 Å². The van der Waals surface area contributed by atoms with E-state index in [0.29, 0.717) is 41.3 Å². The molecule has 3 aromatic rings. The number of rotatable bonds is 7. The lowest BCUT2D eigenvalue weighted by Gasteiger charge is -2.23. The number of fused-ring (bicyclic) bond motifs is 1. The number of carbonyl (C=O) groups is 2. The van der Waals surface area contributed by atoms with Crippen molar-refractivity contribution in [1.82, 2.24) is 9.97 Å². The molecule has 1 heterocycles. The van der Waals surface area contributed by atoms with Crippen LogP contribution in [0.15, 0.2) is 42.6 Å². The van der Waals surface area contributed by atoms with Crippen molar-refractivity contribution in [2.45, 2.75) is 18.8 Å². The van der Waals surface area contributed by atoms with Crippen molar-refractivity contribution in [3.8, 4) is 23.0 Å². The predicted octanol–water partition coefficient (Wildman–Crippen LogP) is 3.68. The maximum atomic E-state index is 12.9. The van der Waals surface area contributed by atoms with Gasteiger partial charge in [-0.05, 0) is 42.2 Å². The Kier molecular flexibility index (Phi) is 6.62. The van der Waals surface area contributed by atoms with Gasteiger partial charge in [-0.2, -0.15) is 0 Å². The highest BCUT2D eigenvalue weighted by Gasteiger charge is 2.28. The molecule has 0 radical (unpaired) electrons. The maximum absolute atomic E-state index is 12.9. The van der Waals surface area contributed by atoms with E-state index < -0.39 is 5.91 Å². The van der Waals surface area contributed by atoms with E-state index in [2.05, 4.69) is 15.3 Å². The van der Waals surface area contributed by atoms with E-state index in [9.17, 15) is 9.59 Å². The lowest BCUT2D eigenvalue weighted by atomic mass is 9.82. The third-order valence-corrected chi connectivity index (χ3v) is 5.78. The van der Waals surface area contributed by atoms with Crippen molar-refractivity contribution >= 4 is 17.6 Å². The molecule has 1 N–H and O–H groups in total. The summed E-state index contributed by atoms with van der Waals surface area (Å²) in [6, 6.07) is 10.7. The van der Waals surface area contributed by atoms with Gasteiger partial charge in [0.2, 0.25) is 11.7 Å². The molecule has 2 aromatic carbocycles. The molecule has 0 spiro atoms. The van der Waals surface area contributed by atoms with Crippen LogP contribution in [0.25, 0.3) is 0 Å². The van der Waals surface area contributed by atoms with Crippen molar-refractivity contribution in [2.24, 2.45) is 0 Å². The van der Waals surface area contributed by atoms with Crippen LogP contribution in [0.3, 0.4) is 0 Å². The van der Waals surface area contributed by atoms with E-state index in [1.807, 2.05) is 24.3 Å². The van der Waals surface area contributed by atoms with Crippen molar-refractivity contribution in [3.63, 3.8) is 0 Å². The number of aromatic nitrogens is 2. The average molecular weight is 463 g/mol. The highest BCUT2D eigenvalue weighted by molar-refractivity contribution is 6.04. The summed E-state index contributed by atoms with van der Waals surface area (Å²) in [6.45, 7) is 0. The zero-order valence-electron chi connectivity index (χ0n) is 19.4. The SMILES string of the molecule is COc1ccc([C@@H]2CC(=O)c3cnc(NC(=O)c4cc(OC)c(OC)c(OC)c4)nc3C2)cc1. The predicted molar refractivity (Wildman–Crippen MR) is 124 cm³/mol. The molecule has 1 aliphatic rings. The first-order chi connectivity index (χ1) is 16.5. The van der Waals surface area contributed by atoms with Gasteiger partial charge in [0, 0.05) is 18.2 Å². The number of amides is 1. The highest BCUT2D eigenvalue weighted by atomic mass is 16.5. The van der Waals surface area contributed by atoms with Crippen LogP contribution < -0.4 is 24.3 Å². The summed E-state index contributed by atoms with van der Waals surface area (Å²) in [6.07, 6.45) is 2.41. The number of hydrogen-bond donors (Lipinski definition) is 1. The topological polar surface area (TPSA) is 109 Å². The fraction of sp³-hybridized carbons (Fsp3) is 0.280.